The molecule has 0 saturated heterocycles. The van der Waals surface area contributed by atoms with Crippen LogP contribution in [0.2, 0.25) is 0 Å². The van der Waals surface area contributed by atoms with E-state index >= 15 is 0 Å². The van der Waals surface area contributed by atoms with Crippen LogP contribution in [0.4, 0.5) is 0 Å². The van der Waals surface area contributed by atoms with E-state index in [1.165, 1.54) is 0 Å². The van der Waals surface area contributed by atoms with E-state index in [0.717, 1.165) is 45.4 Å². The molecule has 3 nitrogen and oxygen atoms in total. The number of rotatable bonds is 11. The number of hydrogen-bond acceptors (Lipinski definition) is 3. The molecule has 1 N–H and O–H groups in total. The first-order chi connectivity index (χ1) is 7.41. The number of ether oxygens (including phenoxy) is 2. The van der Waals surface area contributed by atoms with Gasteiger partial charge in [0.25, 0.3) is 0 Å². The van der Waals surface area contributed by atoms with Crippen LogP contribution in [0.1, 0.15) is 25.7 Å². The molecule has 3 heteroatoms. The molecule has 0 aromatic carbocycles. The lowest BCUT2D eigenvalue weighted by atomic mass is 10.2. The highest BCUT2D eigenvalue weighted by molar-refractivity contribution is 4.82. The number of hydrogen-bond donors (Lipinski definition) is 1. The number of terminal acetylenes is 1. The average molecular weight is 213 g/mol. The van der Waals surface area contributed by atoms with Crippen molar-refractivity contribution in [2.45, 2.75) is 25.7 Å². The van der Waals surface area contributed by atoms with E-state index in [9.17, 15) is 0 Å². The molecule has 0 fully saturated rings. The topological polar surface area (TPSA) is 30.5 Å². The minimum atomic E-state index is 0.680. The van der Waals surface area contributed by atoms with Gasteiger partial charge in [-0.2, -0.15) is 0 Å². The largest absolute Gasteiger partial charge is 0.382 e. The second-order valence-electron chi connectivity index (χ2n) is 3.37. The van der Waals surface area contributed by atoms with Crippen LogP contribution in [-0.2, 0) is 9.47 Å². The van der Waals surface area contributed by atoms with Crippen LogP contribution in [0.15, 0.2) is 0 Å². The maximum atomic E-state index is 5.33. The van der Waals surface area contributed by atoms with E-state index in [-0.39, 0.29) is 0 Å². The van der Waals surface area contributed by atoms with Crippen molar-refractivity contribution in [2.24, 2.45) is 0 Å². The molecule has 0 spiro atoms. The standard InChI is InChI=1S/C12H23NO2/c1-3-4-5-6-8-13-9-7-10-15-12-11-14-2/h1,13H,4-12H2,2H3. The molecule has 0 heterocycles. The first-order valence-electron chi connectivity index (χ1n) is 5.62. The first-order valence-corrected chi connectivity index (χ1v) is 5.62. The summed E-state index contributed by atoms with van der Waals surface area (Å²) in [5, 5.41) is 3.36. The molecule has 0 bridgehead atoms. The molecular weight excluding hydrogens is 190 g/mol. The van der Waals surface area contributed by atoms with Gasteiger partial charge in [0, 0.05) is 20.1 Å². The number of nitrogens with one attached hydrogen (secondary N) is 1. The van der Waals surface area contributed by atoms with Gasteiger partial charge in [-0.25, -0.2) is 0 Å². The maximum Gasteiger partial charge on any atom is 0.0700 e. The third-order valence-corrected chi connectivity index (χ3v) is 2.00. The Morgan fingerprint density at radius 2 is 1.87 bits per heavy atom. The molecule has 0 aliphatic carbocycles. The zero-order valence-electron chi connectivity index (χ0n) is 9.76. The Morgan fingerprint density at radius 1 is 1.07 bits per heavy atom. The van der Waals surface area contributed by atoms with Gasteiger partial charge in [0.05, 0.1) is 13.2 Å². The minimum absolute atomic E-state index is 0.680. The molecule has 0 aromatic rings. The average Bonchev–Trinajstić information content (AvgIpc) is 2.26. The van der Waals surface area contributed by atoms with Gasteiger partial charge in [-0.05, 0) is 32.4 Å². The summed E-state index contributed by atoms with van der Waals surface area (Å²) in [5.74, 6) is 2.64. The number of unbranched alkanes of at least 4 members (excludes halogenated alkanes) is 2. The molecule has 0 radical (unpaired) electrons. The Bertz CT molecular complexity index is 154. The van der Waals surface area contributed by atoms with E-state index in [1.807, 2.05) is 0 Å². The predicted octanol–water partition coefficient (Wildman–Crippen LogP) is 1.43. The molecule has 88 valence electrons. The minimum Gasteiger partial charge on any atom is -0.382 e. The molecular formula is C12H23NO2. The van der Waals surface area contributed by atoms with Crippen molar-refractivity contribution >= 4 is 0 Å². The Morgan fingerprint density at radius 3 is 2.60 bits per heavy atom. The van der Waals surface area contributed by atoms with Crippen LogP contribution in [-0.4, -0.2) is 40.0 Å². The quantitative estimate of drug-likeness (QED) is 0.416. The summed E-state index contributed by atoms with van der Waals surface area (Å²) in [6.45, 7) is 4.25. The van der Waals surface area contributed by atoms with E-state index in [2.05, 4.69) is 11.2 Å². The Balaban J connectivity index is 2.84. The van der Waals surface area contributed by atoms with Crippen molar-refractivity contribution < 1.29 is 9.47 Å². The van der Waals surface area contributed by atoms with Crippen molar-refractivity contribution in [1.82, 2.24) is 5.32 Å². The highest BCUT2D eigenvalue weighted by Gasteiger charge is 1.90. The normalized spacial score (nSPS) is 10.1. The van der Waals surface area contributed by atoms with Gasteiger partial charge >= 0.3 is 0 Å². The fourth-order valence-electron chi connectivity index (χ4n) is 1.15. The van der Waals surface area contributed by atoms with Crippen molar-refractivity contribution in [2.75, 3.05) is 40.0 Å². The third-order valence-electron chi connectivity index (χ3n) is 2.00. The second-order valence-corrected chi connectivity index (χ2v) is 3.37. The zero-order chi connectivity index (χ0) is 11.2. The van der Waals surface area contributed by atoms with Crippen LogP contribution >= 0.6 is 0 Å². The van der Waals surface area contributed by atoms with Crippen LogP contribution < -0.4 is 5.32 Å². The SMILES string of the molecule is C#CCCCCNCCCOCCOC. The van der Waals surface area contributed by atoms with Gasteiger partial charge in [-0.1, -0.05) is 0 Å². The van der Waals surface area contributed by atoms with E-state index < -0.39 is 0 Å². The summed E-state index contributed by atoms with van der Waals surface area (Å²) in [6, 6.07) is 0. The molecule has 0 aromatic heterocycles. The lowest BCUT2D eigenvalue weighted by Gasteiger charge is -2.05. The highest BCUT2D eigenvalue weighted by atomic mass is 16.5. The molecule has 0 amide bonds. The molecule has 0 atom stereocenters. The summed E-state index contributed by atoms with van der Waals surface area (Å²) in [4.78, 5) is 0. The molecule has 0 aliphatic rings. The summed E-state index contributed by atoms with van der Waals surface area (Å²) >= 11 is 0. The van der Waals surface area contributed by atoms with E-state index in [4.69, 9.17) is 15.9 Å². The van der Waals surface area contributed by atoms with Crippen molar-refractivity contribution in [3.8, 4) is 12.3 Å². The fourth-order valence-corrected chi connectivity index (χ4v) is 1.15. The van der Waals surface area contributed by atoms with Gasteiger partial charge in [-0.3, -0.25) is 0 Å². The zero-order valence-corrected chi connectivity index (χ0v) is 9.76. The predicted molar refractivity (Wildman–Crippen MR) is 62.9 cm³/mol. The first kappa shape index (κ1) is 14.4. The second kappa shape index (κ2) is 13.4. The van der Waals surface area contributed by atoms with Crippen LogP contribution in [0, 0.1) is 12.3 Å². The Hall–Kier alpha value is -0.560. The smallest absolute Gasteiger partial charge is 0.0700 e. The summed E-state index contributed by atoms with van der Waals surface area (Å²) in [7, 11) is 1.68. The van der Waals surface area contributed by atoms with Gasteiger partial charge in [0.1, 0.15) is 0 Å². The molecule has 0 saturated carbocycles. The van der Waals surface area contributed by atoms with Crippen molar-refractivity contribution in [1.29, 1.82) is 0 Å². The van der Waals surface area contributed by atoms with Gasteiger partial charge < -0.3 is 14.8 Å². The third kappa shape index (κ3) is 13.4. The van der Waals surface area contributed by atoms with E-state index in [0.29, 0.717) is 13.2 Å². The molecule has 0 rings (SSSR count). The summed E-state index contributed by atoms with van der Waals surface area (Å²) in [6.07, 6.45) is 9.38. The van der Waals surface area contributed by atoms with Gasteiger partial charge in [0.2, 0.25) is 0 Å². The lowest BCUT2D eigenvalue weighted by molar-refractivity contribution is 0.0695. The Labute approximate surface area is 93.5 Å². The van der Waals surface area contributed by atoms with E-state index in [1.54, 1.807) is 7.11 Å². The molecule has 0 unspecified atom stereocenters. The summed E-state index contributed by atoms with van der Waals surface area (Å²) < 4.78 is 10.2. The van der Waals surface area contributed by atoms with Crippen LogP contribution in [0.25, 0.3) is 0 Å². The van der Waals surface area contributed by atoms with Crippen molar-refractivity contribution in [3.05, 3.63) is 0 Å². The Kier molecular flexibility index (Phi) is 12.9. The fraction of sp³-hybridized carbons (Fsp3) is 0.833. The van der Waals surface area contributed by atoms with Gasteiger partial charge in [0.15, 0.2) is 0 Å². The van der Waals surface area contributed by atoms with Crippen LogP contribution in [0.5, 0.6) is 0 Å². The van der Waals surface area contributed by atoms with Crippen LogP contribution in [0.3, 0.4) is 0 Å². The highest BCUT2D eigenvalue weighted by Crippen LogP contribution is 1.91. The monoisotopic (exact) mass is 213 g/mol. The summed E-state index contributed by atoms with van der Waals surface area (Å²) in [5.41, 5.74) is 0. The molecule has 15 heavy (non-hydrogen) atoms. The maximum absolute atomic E-state index is 5.33. The lowest BCUT2D eigenvalue weighted by Crippen LogP contribution is -2.18. The van der Waals surface area contributed by atoms with Gasteiger partial charge in [-0.15, -0.1) is 12.3 Å². The van der Waals surface area contributed by atoms with Crippen molar-refractivity contribution in [3.63, 3.8) is 0 Å². The molecule has 0 aliphatic heterocycles. The number of methoxy groups -OCH3 is 1.